The molecule has 1 unspecified atom stereocenters. The quantitative estimate of drug-likeness (QED) is 0.779. The number of rotatable bonds is 5. The summed E-state index contributed by atoms with van der Waals surface area (Å²) in [5.74, 6) is -1.15. The highest BCUT2D eigenvalue weighted by Crippen LogP contribution is 2.26. The first-order chi connectivity index (χ1) is 10.9. The Bertz CT molecular complexity index is 665. The number of hydrogen-bond donors (Lipinski definition) is 2. The number of hydrazone groups is 1. The topological polar surface area (TPSA) is 89.0 Å². The third-order valence-electron chi connectivity index (χ3n) is 3.39. The predicted octanol–water partition coefficient (Wildman–Crippen LogP) is 1.84. The van der Waals surface area contributed by atoms with E-state index in [2.05, 4.69) is 20.6 Å². The van der Waals surface area contributed by atoms with Crippen LogP contribution in [0.3, 0.4) is 0 Å². The summed E-state index contributed by atoms with van der Waals surface area (Å²) in [6.45, 7) is 0.127. The van der Waals surface area contributed by atoms with E-state index in [1.807, 2.05) is 0 Å². The molecule has 0 saturated heterocycles. The van der Waals surface area contributed by atoms with Crippen LogP contribution in [-0.4, -0.2) is 44.0 Å². The van der Waals surface area contributed by atoms with Crippen LogP contribution in [-0.2, 0) is 19.1 Å². The Morgan fingerprint density at radius 1 is 1.30 bits per heavy atom. The maximum Gasteiger partial charge on any atom is 0.354 e. The predicted molar refractivity (Wildman–Crippen MR) is 86.9 cm³/mol. The molecule has 9 heteroatoms. The van der Waals surface area contributed by atoms with Crippen molar-refractivity contribution in [2.45, 2.75) is 12.0 Å². The standard InChI is InChI=1S/C14H15Cl2N3O4/c1-22-12(20)11-6-14(19-18-11,13(21)23-2)7-17-8-3-4-9(15)10(16)5-8/h3-5,17,19H,6-7H2,1-2H3. The second-order valence-electron chi connectivity index (χ2n) is 4.89. The molecular weight excluding hydrogens is 345 g/mol. The first kappa shape index (κ1) is 17.4. The zero-order valence-corrected chi connectivity index (χ0v) is 14.0. The van der Waals surface area contributed by atoms with Crippen molar-refractivity contribution in [1.82, 2.24) is 5.43 Å². The van der Waals surface area contributed by atoms with Gasteiger partial charge in [-0.15, -0.1) is 0 Å². The molecule has 2 rings (SSSR count). The molecule has 0 aliphatic carbocycles. The van der Waals surface area contributed by atoms with E-state index >= 15 is 0 Å². The van der Waals surface area contributed by atoms with Crippen molar-refractivity contribution in [3.05, 3.63) is 28.2 Å². The lowest BCUT2D eigenvalue weighted by molar-refractivity contribution is -0.147. The minimum Gasteiger partial charge on any atom is -0.467 e. The molecule has 0 amide bonds. The number of esters is 2. The number of hydrogen-bond acceptors (Lipinski definition) is 7. The van der Waals surface area contributed by atoms with Crippen LogP contribution in [0.2, 0.25) is 10.0 Å². The van der Waals surface area contributed by atoms with E-state index in [1.165, 1.54) is 14.2 Å². The second kappa shape index (κ2) is 7.06. The van der Waals surface area contributed by atoms with Gasteiger partial charge in [0.25, 0.3) is 0 Å². The third-order valence-corrected chi connectivity index (χ3v) is 4.12. The van der Waals surface area contributed by atoms with E-state index in [0.717, 1.165) is 0 Å². The normalized spacial score (nSPS) is 19.6. The Morgan fingerprint density at radius 3 is 2.65 bits per heavy atom. The molecule has 0 aromatic heterocycles. The number of nitrogens with zero attached hydrogens (tertiary/aromatic N) is 1. The molecule has 2 N–H and O–H groups in total. The summed E-state index contributed by atoms with van der Waals surface area (Å²) in [6.07, 6.45) is 0.0423. The fourth-order valence-electron chi connectivity index (χ4n) is 2.12. The molecule has 0 fully saturated rings. The Hall–Kier alpha value is -1.99. The van der Waals surface area contributed by atoms with Gasteiger partial charge in [0, 0.05) is 12.1 Å². The van der Waals surface area contributed by atoms with Gasteiger partial charge in [-0.25, -0.2) is 9.59 Å². The molecule has 1 aromatic carbocycles. The summed E-state index contributed by atoms with van der Waals surface area (Å²) in [5, 5.41) is 7.74. The van der Waals surface area contributed by atoms with Crippen LogP contribution in [0.15, 0.2) is 23.3 Å². The monoisotopic (exact) mass is 359 g/mol. The van der Waals surface area contributed by atoms with Gasteiger partial charge >= 0.3 is 11.9 Å². The first-order valence-corrected chi connectivity index (χ1v) is 7.37. The molecule has 7 nitrogen and oxygen atoms in total. The minimum absolute atomic E-state index is 0.0423. The van der Waals surface area contributed by atoms with Crippen molar-refractivity contribution in [2.24, 2.45) is 5.10 Å². The van der Waals surface area contributed by atoms with E-state index < -0.39 is 17.5 Å². The van der Waals surface area contributed by atoms with Crippen molar-refractivity contribution in [3.8, 4) is 0 Å². The van der Waals surface area contributed by atoms with Crippen molar-refractivity contribution < 1.29 is 19.1 Å². The summed E-state index contributed by atoms with van der Waals surface area (Å²) in [6, 6.07) is 4.98. The molecule has 1 aliphatic heterocycles. The number of benzene rings is 1. The van der Waals surface area contributed by atoms with E-state index in [1.54, 1.807) is 18.2 Å². The van der Waals surface area contributed by atoms with Gasteiger partial charge in [-0.2, -0.15) is 5.10 Å². The van der Waals surface area contributed by atoms with E-state index in [4.69, 9.17) is 27.9 Å². The highest BCUT2D eigenvalue weighted by molar-refractivity contribution is 6.42. The van der Waals surface area contributed by atoms with Crippen molar-refractivity contribution in [2.75, 3.05) is 26.1 Å². The Labute approximate surface area is 142 Å². The van der Waals surface area contributed by atoms with Gasteiger partial charge in [-0.3, -0.25) is 5.43 Å². The van der Waals surface area contributed by atoms with Crippen LogP contribution in [0.1, 0.15) is 6.42 Å². The molecule has 1 aliphatic rings. The summed E-state index contributed by atoms with van der Waals surface area (Å²) in [5.41, 5.74) is 2.25. The van der Waals surface area contributed by atoms with Crippen molar-refractivity contribution >= 4 is 46.5 Å². The minimum atomic E-state index is -1.20. The SMILES string of the molecule is COC(=O)C1=NNC(CNc2ccc(Cl)c(Cl)c2)(C(=O)OC)C1. The van der Waals surface area contributed by atoms with E-state index in [9.17, 15) is 9.59 Å². The van der Waals surface area contributed by atoms with Gasteiger partial charge in [0.1, 0.15) is 5.71 Å². The molecule has 0 spiro atoms. The third kappa shape index (κ3) is 3.68. The molecular formula is C14H15Cl2N3O4. The average Bonchev–Trinajstić information content (AvgIpc) is 3.00. The molecule has 124 valence electrons. The van der Waals surface area contributed by atoms with Crippen LogP contribution in [0.5, 0.6) is 0 Å². The first-order valence-electron chi connectivity index (χ1n) is 6.61. The largest absolute Gasteiger partial charge is 0.467 e. The summed E-state index contributed by atoms with van der Waals surface area (Å²) in [7, 11) is 2.51. The lowest BCUT2D eigenvalue weighted by atomic mass is 9.94. The van der Waals surface area contributed by atoms with Crippen LogP contribution >= 0.6 is 23.2 Å². The van der Waals surface area contributed by atoms with Gasteiger partial charge in [-0.1, -0.05) is 23.2 Å². The molecule has 23 heavy (non-hydrogen) atoms. The zero-order valence-electron chi connectivity index (χ0n) is 12.5. The fraction of sp³-hybridized carbons (Fsp3) is 0.357. The average molecular weight is 360 g/mol. The molecule has 0 saturated carbocycles. The van der Waals surface area contributed by atoms with Crippen LogP contribution in [0.25, 0.3) is 0 Å². The number of halogens is 2. The molecule has 1 heterocycles. The van der Waals surface area contributed by atoms with Crippen LogP contribution < -0.4 is 10.7 Å². The van der Waals surface area contributed by atoms with E-state index in [-0.39, 0.29) is 18.7 Å². The number of anilines is 1. The Balaban J connectivity index is 2.13. The van der Waals surface area contributed by atoms with Gasteiger partial charge in [-0.05, 0) is 18.2 Å². The maximum atomic E-state index is 12.1. The summed E-state index contributed by atoms with van der Waals surface area (Å²) < 4.78 is 9.43. The maximum absolute atomic E-state index is 12.1. The van der Waals surface area contributed by atoms with Crippen LogP contribution in [0.4, 0.5) is 5.69 Å². The van der Waals surface area contributed by atoms with E-state index in [0.29, 0.717) is 15.7 Å². The number of methoxy groups -OCH3 is 2. The number of nitrogens with one attached hydrogen (secondary N) is 2. The summed E-state index contributed by atoms with van der Waals surface area (Å²) >= 11 is 11.8. The summed E-state index contributed by atoms with van der Waals surface area (Å²) in [4.78, 5) is 23.7. The number of ether oxygens (including phenoxy) is 2. The molecule has 1 atom stereocenters. The number of carbonyl (C=O) groups excluding carboxylic acids is 2. The highest BCUT2D eigenvalue weighted by atomic mass is 35.5. The van der Waals surface area contributed by atoms with Gasteiger partial charge in [0.05, 0.1) is 30.8 Å². The van der Waals surface area contributed by atoms with Crippen molar-refractivity contribution in [1.29, 1.82) is 0 Å². The lowest BCUT2D eigenvalue weighted by Crippen LogP contribution is -2.53. The van der Waals surface area contributed by atoms with Crippen LogP contribution in [0, 0.1) is 0 Å². The lowest BCUT2D eigenvalue weighted by Gasteiger charge is -2.26. The molecule has 0 bridgehead atoms. The number of carbonyl (C=O) groups is 2. The molecule has 0 radical (unpaired) electrons. The Kier molecular flexibility index (Phi) is 5.33. The smallest absolute Gasteiger partial charge is 0.354 e. The second-order valence-corrected chi connectivity index (χ2v) is 5.71. The highest BCUT2D eigenvalue weighted by Gasteiger charge is 2.46. The van der Waals surface area contributed by atoms with Gasteiger partial charge < -0.3 is 14.8 Å². The molecule has 1 aromatic rings. The fourth-order valence-corrected chi connectivity index (χ4v) is 2.42. The Morgan fingerprint density at radius 2 is 2.04 bits per heavy atom. The zero-order chi connectivity index (χ0) is 17.0. The van der Waals surface area contributed by atoms with Gasteiger partial charge in [0.15, 0.2) is 5.54 Å². The van der Waals surface area contributed by atoms with Crippen molar-refractivity contribution in [3.63, 3.8) is 0 Å². The van der Waals surface area contributed by atoms with Gasteiger partial charge in [0.2, 0.25) is 0 Å².